The molecule has 0 saturated heterocycles. The largest absolute Gasteiger partial charge is 0.549 e. The first-order chi connectivity index (χ1) is 11.6. The number of halogens is 1. The predicted molar refractivity (Wildman–Crippen MR) is 101 cm³/mol. The minimum absolute atomic E-state index is 0.475. The maximum Gasteiger partial charge on any atom is 0.103 e. The lowest BCUT2D eigenvalue weighted by Gasteiger charge is -2.40. The molecule has 0 fully saturated rings. The Morgan fingerprint density at radius 2 is 1.75 bits per heavy atom. The molecule has 138 valence electrons. The first-order valence-corrected chi connectivity index (χ1v) is 10.3. The van der Waals surface area contributed by atoms with Crippen LogP contribution in [0.15, 0.2) is 22.7 Å². The third kappa shape index (κ3) is 6.36. The summed E-state index contributed by atoms with van der Waals surface area (Å²) >= 11 is 3.48. The van der Waals surface area contributed by atoms with E-state index in [0.717, 1.165) is 23.7 Å². The Morgan fingerprint density at radius 3 is 2.33 bits per heavy atom. The van der Waals surface area contributed by atoms with Gasteiger partial charge < -0.3 is 14.6 Å². The van der Waals surface area contributed by atoms with Crippen molar-refractivity contribution in [2.45, 2.75) is 84.2 Å². The van der Waals surface area contributed by atoms with Gasteiger partial charge in [-0.25, -0.2) is 0 Å². The number of carbonyl (C=O) groups is 1. The number of carboxylic acids is 1. The minimum Gasteiger partial charge on any atom is -0.549 e. The summed E-state index contributed by atoms with van der Waals surface area (Å²) in [6.07, 6.45) is 16.1. The Hall–Kier alpha value is -0.610. The number of carbonyl (C=O) groups excluding carboxylic acids is 1. The second-order valence-corrected chi connectivity index (χ2v) is 7.63. The van der Waals surface area contributed by atoms with Gasteiger partial charge in [-0.05, 0) is 18.9 Å². The van der Waals surface area contributed by atoms with Crippen molar-refractivity contribution in [2.75, 3.05) is 6.61 Å². The number of carboxylic acid groups (broad SMARTS) is 1. The molecule has 0 heterocycles. The third-order valence-electron chi connectivity index (χ3n) is 4.69. The molecule has 0 radical (unpaired) electrons. The number of ether oxygens (including phenoxy) is 1. The zero-order valence-electron chi connectivity index (χ0n) is 15.2. The van der Waals surface area contributed by atoms with Gasteiger partial charge in [-0.1, -0.05) is 93.3 Å². The van der Waals surface area contributed by atoms with E-state index in [0.29, 0.717) is 13.0 Å². The Morgan fingerprint density at radius 1 is 1.12 bits per heavy atom. The van der Waals surface area contributed by atoms with Crippen LogP contribution in [-0.4, -0.2) is 18.7 Å². The van der Waals surface area contributed by atoms with Crippen LogP contribution in [-0.2, 0) is 9.53 Å². The average Bonchev–Trinajstić information content (AvgIpc) is 2.55. The second-order valence-electron chi connectivity index (χ2n) is 6.71. The van der Waals surface area contributed by atoms with E-state index in [1.165, 1.54) is 38.5 Å². The maximum absolute atomic E-state index is 11.8. The highest BCUT2D eigenvalue weighted by Crippen LogP contribution is 2.40. The molecule has 3 nitrogen and oxygen atoms in total. The molecule has 0 aromatic heterocycles. The predicted octanol–water partition coefficient (Wildman–Crippen LogP) is 4.90. The summed E-state index contributed by atoms with van der Waals surface area (Å²) < 4.78 is 6.78. The number of aliphatic carboxylic acids is 1. The van der Waals surface area contributed by atoms with Crippen molar-refractivity contribution in [1.29, 1.82) is 0 Å². The summed E-state index contributed by atoms with van der Waals surface area (Å²) in [7, 11) is 0. The summed E-state index contributed by atoms with van der Waals surface area (Å²) in [4.78, 5) is 11.8. The summed E-state index contributed by atoms with van der Waals surface area (Å²) in [6.45, 7) is 4.81. The molecule has 24 heavy (non-hydrogen) atoms. The molecular weight excluding hydrogens is 368 g/mol. The topological polar surface area (TPSA) is 49.4 Å². The molecular formula is C20H32BrO3-. The van der Waals surface area contributed by atoms with Gasteiger partial charge in [-0.3, -0.25) is 0 Å². The fraction of sp³-hybridized carbons (Fsp3) is 0.750. The number of rotatable bonds is 13. The summed E-state index contributed by atoms with van der Waals surface area (Å²) in [5, 5.41) is 11.8. The van der Waals surface area contributed by atoms with E-state index >= 15 is 0 Å². The van der Waals surface area contributed by atoms with Crippen LogP contribution >= 0.6 is 15.9 Å². The molecule has 1 aliphatic rings. The second kappa shape index (κ2) is 11.9. The molecule has 1 rings (SSSR count). The van der Waals surface area contributed by atoms with Gasteiger partial charge in [0, 0.05) is 11.1 Å². The molecule has 0 aliphatic heterocycles. The molecule has 0 spiro atoms. The van der Waals surface area contributed by atoms with Gasteiger partial charge >= 0.3 is 0 Å². The van der Waals surface area contributed by atoms with Crippen molar-refractivity contribution < 1.29 is 14.6 Å². The third-order valence-corrected chi connectivity index (χ3v) is 5.37. The smallest absolute Gasteiger partial charge is 0.103 e. The number of allylic oxidation sites excluding steroid dienone is 2. The van der Waals surface area contributed by atoms with Crippen LogP contribution in [0.25, 0.3) is 0 Å². The van der Waals surface area contributed by atoms with Crippen molar-refractivity contribution in [3.8, 4) is 0 Å². The molecule has 4 heteroatoms. The highest BCUT2D eigenvalue weighted by molar-refractivity contribution is 9.11. The molecule has 0 aromatic carbocycles. The van der Waals surface area contributed by atoms with Gasteiger partial charge in [0.2, 0.25) is 0 Å². The van der Waals surface area contributed by atoms with Crippen LogP contribution in [0.1, 0.15) is 78.1 Å². The Labute approximate surface area is 155 Å². The van der Waals surface area contributed by atoms with Crippen LogP contribution in [0.3, 0.4) is 0 Å². The normalized spacial score (nSPS) is 23.3. The Kier molecular flexibility index (Phi) is 10.6. The van der Waals surface area contributed by atoms with E-state index in [1.807, 2.05) is 13.0 Å². The molecule has 1 aliphatic carbocycles. The van der Waals surface area contributed by atoms with Crippen LogP contribution in [0, 0.1) is 5.41 Å². The quantitative estimate of drug-likeness (QED) is 0.413. The fourth-order valence-corrected chi connectivity index (χ4v) is 4.00. The number of hydrogen-bond acceptors (Lipinski definition) is 3. The maximum atomic E-state index is 11.8. The highest BCUT2D eigenvalue weighted by atomic mass is 79.9. The summed E-state index contributed by atoms with van der Waals surface area (Å²) in [5.41, 5.74) is -1.05. The summed E-state index contributed by atoms with van der Waals surface area (Å²) in [5.74, 6) is -1.05. The fourth-order valence-electron chi connectivity index (χ4n) is 3.30. The lowest BCUT2D eigenvalue weighted by molar-refractivity contribution is -0.320. The summed E-state index contributed by atoms with van der Waals surface area (Å²) in [6, 6.07) is 0. The molecule has 0 aromatic rings. The Balaban J connectivity index is 2.39. The highest BCUT2D eigenvalue weighted by Gasteiger charge is 2.41. The van der Waals surface area contributed by atoms with Gasteiger partial charge in [0.1, 0.15) is 6.10 Å². The molecule has 0 amide bonds. The molecule has 0 N–H and O–H groups in total. The zero-order valence-corrected chi connectivity index (χ0v) is 16.8. The Bertz CT molecular complexity index is 431. The molecule has 0 bridgehead atoms. The monoisotopic (exact) mass is 399 g/mol. The minimum atomic E-state index is -1.05. The van der Waals surface area contributed by atoms with E-state index < -0.39 is 17.5 Å². The SMILES string of the molecule is CCCCCCCCCCOC1C(Br)=CC=CC1(CCC)C(=O)[O-]. The van der Waals surface area contributed by atoms with Crippen molar-refractivity contribution in [2.24, 2.45) is 5.41 Å². The van der Waals surface area contributed by atoms with E-state index in [-0.39, 0.29) is 0 Å². The zero-order chi connectivity index (χ0) is 17.8. The standard InChI is InChI=1S/C20H33BrO3/c1-3-5-6-7-8-9-10-11-16-24-18-17(21)13-12-15-20(18,14-4-2)19(22)23/h12-13,15,18H,3-11,14,16H2,1-2H3,(H,22,23)/p-1. The van der Waals surface area contributed by atoms with Crippen LogP contribution in [0.5, 0.6) is 0 Å². The van der Waals surface area contributed by atoms with Crippen LogP contribution < -0.4 is 5.11 Å². The molecule has 0 saturated carbocycles. The van der Waals surface area contributed by atoms with E-state index in [2.05, 4.69) is 22.9 Å². The molecule has 2 unspecified atom stereocenters. The first kappa shape index (κ1) is 21.4. The number of hydrogen-bond donors (Lipinski definition) is 0. The van der Waals surface area contributed by atoms with Crippen LogP contribution in [0.2, 0.25) is 0 Å². The van der Waals surface area contributed by atoms with E-state index in [1.54, 1.807) is 12.2 Å². The lowest BCUT2D eigenvalue weighted by Crippen LogP contribution is -2.51. The van der Waals surface area contributed by atoms with Gasteiger partial charge in [0.25, 0.3) is 0 Å². The van der Waals surface area contributed by atoms with Gasteiger partial charge in [-0.2, -0.15) is 0 Å². The molecule has 2 atom stereocenters. The lowest BCUT2D eigenvalue weighted by atomic mass is 9.75. The van der Waals surface area contributed by atoms with Crippen molar-refractivity contribution in [3.05, 3.63) is 22.7 Å². The van der Waals surface area contributed by atoms with Crippen molar-refractivity contribution in [1.82, 2.24) is 0 Å². The van der Waals surface area contributed by atoms with Crippen LogP contribution in [0.4, 0.5) is 0 Å². The van der Waals surface area contributed by atoms with Crippen molar-refractivity contribution >= 4 is 21.9 Å². The van der Waals surface area contributed by atoms with E-state index in [9.17, 15) is 9.90 Å². The van der Waals surface area contributed by atoms with Gasteiger partial charge in [0.15, 0.2) is 0 Å². The van der Waals surface area contributed by atoms with Gasteiger partial charge in [0.05, 0.1) is 11.4 Å². The number of unbranched alkanes of at least 4 members (excludes halogenated alkanes) is 7. The average molecular weight is 400 g/mol. The van der Waals surface area contributed by atoms with Crippen molar-refractivity contribution in [3.63, 3.8) is 0 Å². The van der Waals surface area contributed by atoms with Gasteiger partial charge in [-0.15, -0.1) is 0 Å². The first-order valence-electron chi connectivity index (χ1n) is 9.46. The van der Waals surface area contributed by atoms with E-state index in [4.69, 9.17) is 4.74 Å².